The molecule has 3 rings (SSSR count). The topological polar surface area (TPSA) is 0 Å². The maximum absolute atomic E-state index is 5.52. The molecule has 11 heavy (non-hydrogen) atoms. The van der Waals surface area contributed by atoms with E-state index in [1.165, 1.54) is 19.3 Å². The van der Waals surface area contributed by atoms with Crippen LogP contribution in [0, 0.1) is 35.5 Å². The minimum atomic E-state index is 0.512. The first kappa shape index (κ1) is 7.22. The molecule has 3 fully saturated rings. The number of fused-ring (bicyclic) bond motifs is 2. The summed E-state index contributed by atoms with van der Waals surface area (Å²) in [5.41, 5.74) is 0.512. The Morgan fingerprint density at radius 2 is 2.18 bits per heavy atom. The molecule has 4 atom stereocenters. The lowest BCUT2D eigenvalue weighted by Crippen LogP contribution is -2.52. The Hall–Kier alpha value is -0.440. The van der Waals surface area contributed by atoms with E-state index in [4.69, 9.17) is 6.42 Å². The van der Waals surface area contributed by atoms with Crippen LogP contribution in [0.5, 0.6) is 0 Å². The van der Waals surface area contributed by atoms with Gasteiger partial charge in [-0.25, -0.2) is 0 Å². The SMILES string of the molecule is C#CC1CCC2CC1(C)C2C. The van der Waals surface area contributed by atoms with Gasteiger partial charge in [0.05, 0.1) is 0 Å². The third-order valence-corrected chi connectivity index (χ3v) is 4.27. The maximum Gasteiger partial charge on any atom is 0.0256 e. The van der Waals surface area contributed by atoms with Gasteiger partial charge in [0.2, 0.25) is 0 Å². The Labute approximate surface area is 69.4 Å². The molecule has 0 aromatic carbocycles. The number of hydrogen-bond acceptors (Lipinski definition) is 0. The summed E-state index contributed by atoms with van der Waals surface area (Å²) in [6.07, 6.45) is 9.57. The summed E-state index contributed by atoms with van der Waals surface area (Å²) in [5, 5.41) is 0. The first-order valence-corrected chi connectivity index (χ1v) is 4.64. The molecule has 0 spiro atoms. The van der Waals surface area contributed by atoms with E-state index in [2.05, 4.69) is 19.8 Å². The van der Waals surface area contributed by atoms with Crippen molar-refractivity contribution in [1.82, 2.24) is 0 Å². The maximum atomic E-state index is 5.52. The average Bonchev–Trinajstić information content (AvgIpc) is 2.04. The zero-order chi connectivity index (χ0) is 8.06. The van der Waals surface area contributed by atoms with Crippen LogP contribution in [0.15, 0.2) is 0 Å². The Bertz CT molecular complexity index is 211. The highest BCUT2D eigenvalue weighted by Crippen LogP contribution is 2.61. The van der Waals surface area contributed by atoms with Crippen molar-refractivity contribution in [2.45, 2.75) is 33.1 Å². The third kappa shape index (κ3) is 0.719. The standard InChI is InChI=1S/C11H16/c1-4-10-6-5-9-7-11(10,3)8(9)2/h1,8-10H,5-7H2,2-3H3. The van der Waals surface area contributed by atoms with E-state index in [-0.39, 0.29) is 0 Å². The molecule has 0 saturated heterocycles. The van der Waals surface area contributed by atoms with Gasteiger partial charge in [0.1, 0.15) is 0 Å². The van der Waals surface area contributed by atoms with E-state index in [0.29, 0.717) is 11.3 Å². The van der Waals surface area contributed by atoms with Crippen LogP contribution in [-0.4, -0.2) is 0 Å². The van der Waals surface area contributed by atoms with E-state index < -0.39 is 0 Å². The van der Waals surface area contributed by atoms with Crippen molar-refractivity contribution in [3.8, 4) is 12.3 Å². The molecule has 60 valence electrons. The minimum absolute atomic E-state index is 0.512. The predicted molar refractivity (Wildman–Crippen MR) is 46.9 cm³/mol. The monoisotopic (exact) mass is 148 g/mol. The Balaban J connectivity index is 2.21. The summed E-state index contributed by atoms with van der Waals surface area (Å²) in [6.45, 7) is 4.75. The zero-order valence-electron chi connectivity index (χ0n) is 7.43. The molecule has 3 saturated carbocycles. The van der Waals surface area contributed by atoms with Crippen LogP contribution in [0.25, 0.3) is 0 Å². The largest absolute Gasteiger partial charge is 0.120 e. The predicted octanol–water partition coefficient (Wildman–Crippen LogP) is 2.69. The molecule has 0 N–H and O–H groups in total. The molecule has 2 bridgehead atoms. The van der Waals surface area contributed by atoms with Gasteiger partial charge < -0.3 is 0 Å². The summed E-state index contributed by atoms with van der Waals surface area (Å²) in [7, 11) is 0. The molecule has 3 aliphatic rings. The molecule has 0 aliphatic heterocycles. The Morgan fingerprint density at radius 1 is 1.45 bits per heavy atom. The van der Waals surface area contributed by atoms with Crippen LogP contribution >= 0.6 is 0 Å². The van der Waals surface area contributed by atoms with Crippen molar-refractivity contribution in [3.05, 3.63) is 0 Å². The van der Waals surface area contributed by atoms with Crippen molar-refractivity contribution in [2.75, 3.05) is 0 Å². The fourth-order valence-electron chi connectivity index (χ4n) is 3.10. The summed E-state index contributed by atoms with van der Waals surface area (Å²) < 4.78 is 0. The van der Waals surface area contributed by atoms with Crippen molar-refractivity contribution in [2.24, 2.45) is 23.2 Å². The van der Waals surface area contributed by atoms with Crippen LogP contribution in [-0.2, 0) is 0 Å². The van der Waals surface area contributed by atoms with Gasteiger partial charge in [-0.1, -0.05) is 13.8 Å². The van der Waals surface area contributed by atoms with E-state index in [9.17, 15) is 0 Å². The highest BCUT2D eigenvalue weighted by Gasteiger charge is 2.54. The normalized spacial score (nSPS) is 54.5. The van der Waals surface area contributed by atoms with Gasteiger partial charge in [0, 0.05) is 5.92 Å². The van der Waals surface area contributed by atoms with Crippen LogP contribution in [0.3, 0.4) is 0 Å². The highest BCUT2D eigenvalue weighted by atomic mass is 14.6. The molecule has 4 unspecified atom stereocenters. The van der Waals surface area contributed by atoms with E-state index in [1.54, 1.807) is 0 Å². The highest BCUT2D eigenvalue weighted by molar-refractivity contribution is 5.13. The summed E-state index contributed by atoms with van der Waals surface area (Å²) in [6, 6.07) is 0. The minimum Gasteiger partial charge on any atom is -0.120 e. The Morgan fingerprint density at radius 3 is 2.64 bits per heavy atom. The lowest BCUT2D eigenvalue weighted by Gasteiger charge is -2.59. The van der Waals surface area contributed by atoms with Crippen LogP contribution in [0.1, 0.15) is 33.1 Å². The molecule has 3 aliphatic carbocycles. The van der Waals surface area contributed by atoms with Crippen molar-refractivity contribution in [3.63, 3.8) is 0 Å². The first-order valence-electron chi connectivity index (χ1n) is 4.64. The molecule has 0 nitrogen and oxygen atoms in total. The quantitative estimate of drug-likeness (QED) is 0.463. The summed E-state index contributed by atoms with van der Waals surface area (Å²) in [4.78, 5) is 0. The second kappa shape index (κ2) is 2.03. The second-order valence-corrected chi connectivity index (χ2v) is 4.56. The third-order valence-electron chi connectivity index (χ3n) is 4.27. The van der Waals surface area contributed by atoms with Gasteiger partial charge in [0.15, 0.2) is 0 Å². The fraction of sp³-hybridized carbons (Fsp3) is 0.818. The Kier molecular flexibility index (Phi) is 1.34. The fourth-order valence-corrected chi connectivity index (χ4v) is 3.10. The van der Waals surface area contributed by atoms with Crippen LogP contribution < -0.4 is 0 Å². The molecular weight excluding hydrogens is 132 g/mol. The molecule has 0 amide bonds. The molecule has 0 heterocycles. The lowest BCUT2D eigenvalue weighted by molar-refractivity contribution is -0.0936. The summed E-state index contributed by atoms with van der Waals surface area (Å²) >= 11 is 0. The zero-order valence-corrected chi connectivity index (χ0v) is 7.43. The van der Waals surface area contributed by atoms with Gasteiger partial charge >= 0.3 is 0 Å². The molecule has 0 heteroatoms. The second-order valence-electron chi connectivity index (χ2n) is 4.56. The van der Waals surface area contributed by atoms with Gasteiger partial charge in [-0.2, -0.15) is 0 Å². The molecule has 0 aromatic rings. The van der Waals surface area contributed by atoms with Crippen LogP contribution in [0.2, 0.25) is 0 Å². The number of rotatable bonds is 0. The van der Waals surface area contributed by atoms with Gasteiger partial charge in [-0.05, 0) is 36.5 Å². The van der Waals surface area contributed by atoms with E-state index in [1.807, 2.05) is 0 Å². The lowest BCUT2D eigenvalue weighted by atomic mass is 9.45. The smallest absolute Gasteiger partial charge is 0.0256 e. The first-order chi connectivity index (χ1) is 5.18. The summed E-state index contributed by atoms with van der Waals surface area (Å²) in [5.74, 6) is 5.42. The van der Waals surface area contributed by atoms with E-state index >= 15 is 0 Å². The molecule has 0 radical (unpaired) electrons. The number of terminal acetylenes is 1. The van der Waals surface area contributed by atoms with Crippen LogP contribution in [0.4, 0.5) is 0 Å². The number of hydrogen-bond donors (Lipinski definition) is 0. The van der Waals surface area contributed by atoms with Gasteiger partial charge in [-0.15, -0.1) is 12.3 Å². The van der Waals surface area contributed by atoms with Crippen molar-refractivity contribution in [1.29, 1.82) is 0 Å². The van der Waals surface area contributed by atoms with Gasteiger partial charge in [0.25, 0.3) is 0 Å². The average molecular weight is 148 g/mol. The van der Waals surface area contributed by atoms with E-state index in [0.717, 1.165) is 11.8 Å². The molecule has 0 aromatic heterocycles. The van der Waals surface area contributed by atoms with Gasteiger partial charge in [-0.3, -0.25) is 0 Å². The molecular formula is C11H16. The van der Waals surface area contributed by atoms with Crippen molar-refractivity contribution >= 4 is 0 Å². The van der Waals surface area contributed by atoms with Crippen molar-refractivity contribution < 1.29 is 0 Å².